The van der Waals surface area contributed by atoms with Crippen molar-refractivity contribution >= 4 is 22.2 Å². The van der Waals surface area contributed by atoms with Crippen LogP contribution >= 0.6 is 11.3 Å². The SMILES string of the molecule is COCCN(Cc1nccs1)Cc1cc2ccccc2[nH]c1=O. The Hall–Kier alpha value is -2.02. The minimum Gasteiger partial charge on any atom is -0.383 e. The second-order valence-electron chi connectivity index (χ2n) is 5.34. The second-order valence-corrected chi connectivity index (χ2v) is 6.32. The van der Waals surface area contributed by atoms with Crippen LogP contribution < -0.4 is 5.56 Å². The smallest absolute Gasteiger partial charge is 0.252 e. The Morgan fingerprint density at radius 2 is 2.17 bits per heavy atom. The lowest BCUT2D eigenvalue weighted by Gasteiger charge is -2.20. The van der Waals surface area contributed by atoms with E-state index in [9.17, 15) is 4.79 Å². The maximum Gasteiger partial charge on any atom is 0.252 e. The van der Waals surface area contributed by atoms with E-state index >= 15 is 0 Å². The minimum atomic E-state index is -0.0368. The van der Waals surface area contributed by atoms with E-state index in [1.54, 1.807) is 24.6 Å². The molecule has 3 rings (SSSR count). The number of hydrogen-bond acceptors (Lipinski definition) is 5. The van der Waals surface area contributed by atoms with Gasteiger partial charge in [-0.15, -0.1) is 11.3 Å². The number of methoxy groups -OCH3 is 1. The molecule has 0 fully saturated rings. The Balaban J connectivity index is 1.83. The average molecular weight is 329 g/mol. The van der Waals surface area contributed by atoms with Gasteiger partial charge in [0.2, 0.25) is 0 Å². The number of rotatable bonds is 7. The number of aromatic nitrogens is 2. The van der Waals surface area contributed by atoms with Crippen molar-refractivity contribution in [3.63, 3.8) is 0 Å². The molecule has 0 atom stereocenters. The largest absolute Gasteiger partial charge is 0.383 e. The molecule has 0 unspecified atom stereocenters. The zero-order valence-electron chi connectivity index (χ0n) is 13.0. The molecule has 5 nitrogen and oxygen atoms in total. The zero-order valence-corrected chi connectivity index (χ0v) is 13.8. The number of pyridine rings is 1. The third kappa shape index (κ3) is 4.04. The Bertz CT molecular complexity index is 814. The molecule has 2 aromatic heterocycles. The van der Waals surface area contributed by atoms with Crippen LogP contribution in [0.5, 0.6) is 0 Å². The molecule has 0 saturated carbocycles. The third-order valence-electron chi connectivity index (χ3n) is 3.68. The Labute approximate surface area is 138 Å². The Morgan fingerprint density at radius 3 is 2.96 bits per heavy atom. The van der Waals surface area contributed by atoms with Gasteiger partial charge in [0.25, 0.3) is 5.56 Å². The van der Waals surface area contributed by atoms with Crippen molar-refractivity contribution in [2.45, 2.75) is 13.1 Å². The first kappa shape index (κ1) is 15.9. The van der Waals surface area contributed by atoms with Crippen LogP contribution in [0.15, 0.2) is 46.7 Å². The summed E-state index contributed by atoms with van der Waals surface area (Å²) in [5, 5.41) is 4.05. The zero-order chi connectivity index (χ0) is 16.1. The second kappa shape index (κ2) is 7.50. The fourth-order valence-corrected chi connectivity index (χ4v) is 3.17. The summed E-state index contributed by atoms with van der Waals surface area (Å²) in [5.74, 6) is 0. The number of hydrogen-bond donors (Lipinski definition) is 1. The summed E-state index contributed by atoms with van der Waals surface area (Å²) < 4.78 is 5.19. The first-order valence-corrected chi connectivity index (χ1v) is 8.35. The number of ether oxygens (including phenoxy) is 1. The van der Waals surface area contributed by atoms with Gasteiger partial charge >= 0.3 is 0 Å². The molecule has 0 aliphatic rings. The number of fused-ring (bicyclic) bond motifs is 1. The number of para-hydroxylation sites is 1. The monoisotopic (exact) mass is 329 g/mol. The highest BCUT2D eigenvalue weighted by atomic mass is 32.1. The van der Waals surface area contributed by atoms with E-state index in [2.05, 4.69) is 14.9 Å². The predicted molar refractivity (Wildman–Crippen MR) is 92.7 cm³/mol. The lowest BCUT2D eigenvalue weighted by Crippen LogP contribution is -2.29. The molecule has 0 bridgehead atoms. The predicted octanol–water partition coefficient (Wildman–Crippen LogP) is 2.63. The summed E-state index contributed by atoms with van der Waals surface area (Å²) >= 11 is 1.62. The summed E-state index contributed by atoms with van der Waals surface area (Å²) in [5.41, 5.74) is 1.59. The van der Waals surface area contributed by atoms with Crippen molar-refractivity contribution in [2.75, 3.05) is 20.3 Å². The van der Waals surface area contributed by atoms with Crippen LogP contribution in [0.4, 0.5) is 0 Å². The van der Waals surface area contributed by atoms with E-state index in [4.69, 9.17) is 4.74 Å². The normalized spacial score (nSPS) is 11.4. The highest BCUT2D eigenvalue weighted by molar-refractivity contribution is 7.09. The van der Waals surface area contributed by atoms with E-state index < -0.39 is 0 Å². The average Bonchev–Trinajstić information content (AvgIpc) is 3.06. The summed E-state index contributed by atoms with van der Waals surface area (Å²) in [4.78, 5) is 21.8. The van der Waals surface area contributed by atoms with Crippen molar-refractivity contribution in [3.05, 3.63) is 62.8 Å². The van der Waals surface area contributed by atoms with E-state index in [0.29, 0.717) is 19.7 Å². The molecule has 0 spiro atoms. The number of nitrogens with zero attached hydrogens (tertiary/aromatic N) is 2. The van der Waals surface area contributed by atoms with E-state index in [0.717, 1.165) is 28.0 Å². The van der Waals surface area contributed by atoms with Crippen LogP contribution in [0.2, 0.25) is 0 Å². The van der Waals surface area contributed by atoms with Crippen molar-refractivity contribution in [1.82, 2.24) is 14.9 Å². The van der Waals surface area contributed by atoms with Gasteiger partial charge in [-0.2, -0.15) is 0 Å². The molecule has 23 heavy (non-hydrogen) atoms. The molecule has 0 aliphatic carbocycles. The number of aromatic amines is 1. The van der Waals surface area contributed by atoms with E-state index in [1.807, 2.05) is 35.7 Å². The van der Waals surface area contributed by atoms with Gasteiger partial charge in [-0.3, -0.25) is 9.69 Å². The molecule has 0 amide bonds. The summed E-state index contributed by atoms with van der Waals surface area (Å²) in [7, 11) is 1.68. The third-order valence-corrected chi connectivity index (χ3v) is 4.44. The maximum atomic E-state index is 12.3. The lowest BCUT2D eigenvalue weighted by atomic mass is 10.1. The summed E-state index contributed by atoms with van der Waals surface area (Å²) in [6, 6.07) is 9.79. The molecule has 0 aliphatic heterocycles. The Kier molecular flexibility index (Phi) is 5.17. The number of benzene rings is 1. The van der Waals surface area contributed by atoms with Gasteiger partial charge in [-0.25, -0.2) is 4.98 Å². The van der Waals surface area contributed by atoms with Gasteiger partial charge in [-0.05, 0) is 17.5 Å². The number of thiazole rings is 1. The highest BCUT2D eigenvalue weighted by Crippen LogP contribution is 2.14. The van der Waals surface area contributed by atoms with Gasteiger partial charge in [0.05, 0.1) is 13.2 Å². The van der Waals surface area contributed by atoms with Crippen LogP contribution in [0.25, 0.3) is 10.9 Å². The fraction of sp³-hybridized carbons (Fsp3) is 0.294. The molecule has 3 aromatic rings. The molecule has 2 heterocycles. The quantitative estimate of drug-likeness (QED) is 0.724. The van der Waals surface area contributed by atoms with Gasteiger partial charge in [-0.1, -0.05) is 18.2 Å². The van der Waals surface area contributed by atoms with Crippen molar-refractivity contribution in [2.24, 2.45) is 0 Å². The number of H-pyrrole nitrogens is 1. The number of nitrogens with one attached hydrogen (secondary N) is 1. The van der Waals surface area contributed by atoms with Gasteiger partial charge in [0.15, 0.2) is 0 Å². The Morgan fingerprint density at radius 1 is 1.30 bits per heavy atom. The minimum absolute atomic E-state index is 0.0368. The standard InChI is InChI=1S/C17H19N3O2S/c1-22-8-7-20(12-16-18-6-9-23-16)11-14-10-13-4-2-3-5-15(13)19-17(14)21/h2-6,9-10H,7-8,11-12H2,1H3,(H,19,21). The van der Waals surface area contributed by atoms with Crippen LogP contribution in [-0.2, 0) is 17.8 Å². The van der Waals surface area contributed by atoms with Crippen LogP contribution in [-0.4, -0.2) is 35.1 Å². The first-order valence-electron chi connectivity index (χ1n) is 7.47. The van der Waals surface area contributed by atoms with Crippen LogP contribution in [0, 0.1) is 0 Å². The maximum absolute atomic E-state index is 12.3. The molecule has 1 N–H and O–H groups in total. The van der Waals surface area contributed by atoms with E-state index in [1.165, 1.54) is 0 Å². The summed E-state index contributed by atoms with van der Waals surface area (Å²) in [6.45, 7) is 2.66. The molecule has 6 heteroatoms. The lowest BCUT2D eigenvalue weighted by molar-refractivity contribution is 0.140. The summed E-state index contributed by atoms with van der Waals surface area (Å²) in [6.07, 6.45) is 1.80. The van der Waals surface area contributed by atoms with Crippen molar-refractivity contribution in [1.29, 1.82) is 0 Å². The highest BCUT2D eigenvalue weighted by Gasteiger charge is 2.11. The van der Waals surface area contributed by atoms with Crippen molar-refractivity contribution in [3.8, 4) is 0 Å². The first-order chi connectivity index (χ1) is 11.3. The molecule has 120 valence electrons. The molecule has 1 aromatic carbocycles. The van der Waals surface area contributed by atoms with Gasteiger partial charge in [0.1, 0.15) is 5.01 Å². The van der Waals surface area contributed by atoms with Crippen molar-refractivity contribution < 1.29 is 4.74 Å². The fourth-order valence-electron chi connectivity index (χ4n) is 2.51. The van der Waals surface area contributed by atoms with Crippen LogP contribution in [0.1, 0.15) is 10.6 Å². The molecule has 0 saturated heterocycles. The van der Waals surface area contributed by atoms with Gasteiger partial charge < -0.3 is 9.72 Å². The topological polar surface area (TPSA) is 58.2 Å². The van der Waals surface area contributed by atoms with E-state index in [-0.39, 0.29) is 5.56 Å². The van der Waals surface area contributed by atoms with Crippen LogP contribution in [0.3, 0.4) is 0 Å². The molecular formula is C17H19N3O2S. The molecular weight excluding hydrogens is 310 g/mol. The van der Waals surface area contributed by atoms with Gasteiger partial charge in [0, 0.05) is 42.9 Å². The molecule has 0 radical (unpaired) electrons.